The Kier molecular flexibility index (Phi) is 1.93. The van der Waals surface area contributed by atoms with Gasteiger partial charge in [-0.3, -0.25) is 4.79 Å². The SMILES string of the molecule is C=C[C@]1(C)CCCCC1=O. The van der Waals surface area contributed by atoms with E-state index in [9.17, 15) is 4.79 Å². The zero-order valence-corrected chi connectivity index (χ0v) is 6.52. The Morgan fingerprint density at radius 1 is 1.60 bits per heavy atom. The molecule has 56 valence electrons. The van der Waals surface area contributed by atoms with E-state index in [0.29, 0.717) is 5.78 Å². The lowest BCUT2D eigenvalue weighted by Crippen LogP contribution is -2.28. The molecule has 1 atom stereocenters. The first kappa shape index (κ1) is 7.52. The molecular weight excluding hydrogens is 124 g/mol. The van der Waals surface area contributed by atoms with Gasteiger partial charge in [-0.2, -0.15) is 0 Å². The highest BCUT2D eigenvalue weighted by Crippen LogP contribution is 2.33. The second kappa shape index (κ2) is 2.57. The average molecular weight is 138 g/mol. The van der Waals surface area contributed by atoms with E-state index in [1.54, 1.807) is 6.08 Å². The number of carbonyl (C=O) groups excluding carboxylic acids is 1. The summed E-state index contributed by atoms with van der Waals surface area (Å²) in [6, 6.07) is 0. The van der Waals surface area contributed by atoms with Crippen molar-refractivity contribution in [3.63, 3.8) is 0 Å². The van der Waals surface area contributed by atoms with Gasteiger partial charge in [0.25, 0.3) is 0 Å². The Bertz CT molecular complexity index is 160. The summed E-state index contributed by atoms with van der Waals surface area (Å²) in [4.78, 5) is 11.3. The molecule has 0 unspecified atom stereocenters. The van der Waals surface area contributed by atoms with Crippen LogP contribution in [0.1, 0.15) is 32.6 Å². The average Bonchev–Trinajstić information content (AvgIpc) is 1.96. The first-order valence-electron chi connectivity index (χ1n) is 3.86. The molecule has 0 spiro atoms. The fourth-order valence-electron chi connectivity index (χ4n) is 1.42. The fourth-order valence-corrected chi connectivity index (χ4v) is 1.42. The summed E-state index contributed by atoms with van der Waals surface area (Å²) in [6.45, 7) is 5.67. The molecule has 0 saturated heterocycles. The third-order valence-electron chi connectivity index (χ3n) is 2.44. The highest BCUT2D eigenvalue weighted by Gasteiger charge is 2.31. The van der Waals surface area contributed by atoms with Crippen molar-refractivity contribution in [2.24, 2.45) is 5.41 Å². The fraction of sp³-hybridized carbons (Fsp3) is 0.667. The van der Waals surface area contributed by atoms with Gasteiger partial charge in [0.05, 0.1) is 0 Å². The van der Waals surface area contributed by atoms with Crippen LogP contribution in [0, 0.1) is 5.41 Å². The molecule has 1 saturated carbocycles. The number of hydrogen-bond donors (Lipinski definition) is 0. The second-order valence-corrected chi connectivity index (χ2v) is 3.25. The van der Waals surface area contributed by atoms with E-state index < -0.39 is 0 Å². The van der Waals surface area contributed by atoms with E-state index in [2.05, 4.69) is 6.58 Å². The lowest BCUT2D eigenvalue weighted by atomic mass is 9.75. The van der Waals surface area contributed by atoms with E-state index in [1.165, 1.54) is 6.42 Å². The van der Waals surface area contributed by atoms with Crippen LogP contribution in [0.4, 0.5) is 0 Å². The van der Waals surface area contributed by atoms with E-state index in [-0.39, 0.29) is 5.41 Å². The maximum atomic E-state index is 11.3. The van der Waals surface area contributed by atoms with Crippen molar-refractivity contribution in [2.75, 3.05) is 0 Å². The monoisotopic (exact) mass is 138 g/mol. The lowest BCUT2D eigenvalue weighted by Gasteiger charge is -2.28. The van der Waals surface area contributed by atoms with Crippen LogP contribution in [0.3, 0.4) is 0 Å². The Morgan fingerprint density at radius 2 is 2.30 bits per heavy atom. The molecule has 0 amide bonds. The third-order valence-corrected chi connectivity index (χ3v) is 2.44. The van der Waals surface area contributed by atoms with Crippen LogP contribution >= 0.6 is 0 Å². The Hall–Kier alpha value is -0.590. The molecule has 0 bridgehead atoms. The van der Waals surface area contributed by atoms with Crippen molar-refractivity contribution in [1.29, 1.82) is 0 Å². The van der Waals surface area contributed by atoms with E-state index in [1.807, 2.05) is 6.92 Å². The van der Waals surface area contributed by atoms with Gasteiger partial charge in [0.2, 0.25) is 0 Å². The van der Waals surface area contributed by atoms with Crippen LogP contribution in [0.2, 0.25) is 0 Å². The second-order valence-electron chi connectivity index (χ2n) is 3.25. The van der Waals surface area contributed by atoms with Gasteiger partial charge in [-0.15, -0.1) is 6.58 Å². The summed E-state index contributed by atoms with van der Waals surface area (Å²) >= 11 is 0. The normalized spacial score (nSPS) is 33.9. The maximum Gasteiger partial charge on any atom is 0.142 e. The third kappa shape index (κ3) is 1.13. The van der Waals surface area contributed by atoms with Gasteiger partial charge >= 0.3 is 0 Å². The lowest BCUT2D eigenvalue weighted by molar-refractivity contribution is -0.127. The zero-order chi connectivity index (χ0) is 7.61. The van der Waals surface area contributed by atoms with Crippen LogP contribution in [0.15, 0.2) is 12.7 Å². The van der Waals surface area contributed by atoms with Crippen LogP contribution in [-0.2, 0) is 4.79 Å². The quantitative estimate of drug-likeness (QED) is 0.508. The van der Waals surface area contributed by atoms with Crippen LogP contribution < -0.4 is 0 Å². The standard InChI is InChI=1S/C9H14O/c1-3-9(2)7-5-4-6-8(9)10/h3H,1,4-7H2,2H3/t9-/m1/s1. The summed E-state index contributed by atoms with van der Waals surface area (Å²) in [6.07, 6.45) is 5.79. The van der Waals surface area contributed by atoms with E-state index in [0.717, 1.165) is 19.3 Å². The minimum absolute atomic E-state index is 0.196. The number of hydrogen-bond acceptors (Lipinski definition) is 1. The van der Waals surface area contributed by atoms with Gasteiger partial charge in [0.15, 0.2) is 0 Å². The summed E-state index contributed by atoms with van der Waals surface area (Å²) < 4.78 is 0. The van der Waals surface area contributed by atoms with Crippen molar-refractivity contribution in [3.05, 3.63) is 12.7 Å². The molecule has 1 rings (SSSR count). The van der Waals surface area contributed by atoms with Gasteiger partial charge in [-0.25, -0.2) is 0 Å². The smallest absolute Gasteiger partial charge is 0.142 e. The molecule has 1 aliphatic rings. The molecule has 1 aliphatic carbocycles. The Labute approximate surface area is 62.1 Å². The molecule has 0 N–H and O–H groups in total. The molecule has 1 fully saturated rings. The van der Waals surface area contributed by atoms with Gasteiger partial charge in [-0.1, -0.05) is 12.5 Å². The molecule has 0 aliphatic heterocycles. The van der Waals surface area contributed by atoms with Crippen LogP contribution in [0.25, 0.3) is 0 Å². The molecule has 1 heteroatoms. The molecule has 10 heavy (non-hydrogen) atoms. The van der Waals surface area contributed by atoms with Crippen molar-refractivity contribution < 1.29 is 4.79 Å². The Morgan fingerprint density at radius 3 is 2.70 bits per heavy atom. The van der Waals surface area contributed by atoms with Gasteiger partial charge in [0.1, 0.15) is 5.78 Å². The first-order chi connectivity index (χ1) is 4.69. The minimum atomic E-state index is -0.196. The summed E-state index contributed by atoms with van der Waals surface area (Å²) in [5.41, 5.74) is -0.196. The number of allylic oxidation sites excluding steroid dienone is 1. The largest absolute Gasteiger partial charge is 0.299 e. The summed E-state index contributed by atoms with van der Waals surface area (Å²) in [5.74, 6) is 0.369. The first-order valence-corrected chi connectivity index (χ1v) is 3.86. The molecule has 0 radical (unpaired) electrons. The highest BCUT2D eigenvalue weighted by atomic mass is 16.1. The van der Waals surface area contributed by atoms with Crippen molar-refractivity contribution >= 4 is 5.78 Å². The molecular formula is C9H14O. The number of rotatable bonds is 1. The predicted octanol–water partition coefficient (Wildman–Crippen LogP) is 2.32. The molecule has 0 aromatic heterocycles. The maximum absolute atomic E-state index is 11.3. The highest BCUT2D eigenvalue weighted by molar-refractivity contribution is 5.86. The number of Topliss-reactive ketones (excluding diaryl/α,β-unsaturated/α-hetero) is 1. The van der Waals surface area contributed by atoms with Crippen molar-refractivity contribution in [3.8, 4) is 0 Å². The summed E-state index contributed by atoms with van der Waals surface area (Å²) in [5, 5.41) is 0. The van der Waals surface area contributed by atoms with Crippen molar-refractivity contribution in [2.45, 2.75) is 32.6 Å². The van der Waals surface area contributed by atoms with Gasteiger partial charge in [0, 0.05) is 11.8 Å². The van der Waals surface area contributed by atoms with E-state index >= 15 is 0 Å². The van der Waals surface area contributed by atoms with Crippen molar-refractivity contribution in [1.82, 2.24) is 0 Å². The van der Waals surface area contributed by atoms with Crippen LogP contribution in [-0.4, -0.2) is 5.78 Å². The molecule has 0 aromatic rings. The number of carbonyl (C=O) groups is 1. The number of ketones is 1. The molecule has 0 aromatic carbocycles. The zero-order valence-electron chi connectivity index (χ0n) is 6.52. The minimum Gasteiger partial charge on any atom is -0.299 e. The molecule has 0 heterocycles. The molecule has 1 nitrogen and oxygen atoms in total. The summed E-state index contributed by atoms with van der Waals surface area (Å²) in [7, 11) is 0. The predicted molar refractivity (Wildman–Crippen MR) is 41.8 cm³/mol. The topological polar surface area (TPSA) is 17.1 Å². The Balaban J connectivity index is 2.72. The van der Waals surface area contributed by atoms with Gasteiger partial charge < -0.3 is 0 Å². The van der Waals surface area contributed by atoms with Crippen LogP contribution in [0.5, 0.6) is 0 Å². The van der Waals surface area contributed by atoms with Gasteiger partial charge in [-0.05, 0) is 19.8 Å². The van der Waals surface area contributed by atoms with E-state index in [4.69, 9.17) is 0 Å².